The van der Waals surface area contributed by atoms with Crippen molar-refractivity contribution in [1.29, 1.82) is 0 Å². The molecule has 0 bridgehead atoms. The number of hydrogen-bond donors (Lipinski definition) is 0. The first kappa shape index (κ1) is 25.0. The summed E-state index contributed by atoms with van der Waals surface area (Å²) in [6, 6.07) is 0. The van der Waals surface area contributed by atoms with E-state index in [0.29, 0.717) is 0 Å². The molecule has 0 N–H and O–H groups in total. The minimum absolute atomic E-state index is 1.31. The Morgan fingerprint density at radius 3 is 1.44 bits per heavy atom. The lowest BCUT2D eigenvalue weighted by atomic mass is 10.1. The molecule has 1 fully saturated rings. The second-order valence-corrected chi connectivity index (χ2v) is 8.99. The first-order valence-corrected chi connectivity index (χ1v) is 12.8. The van der Waals surface area contributed by atoms with Gasteiger partial charge in [0.1, 0.15) is 0 Å². The van der Waals surface area contributed by atoms with Crippen LogP contribution in [0, 0.1) is 0 Å². The van der Waals surface area contributed by atoms with Crippen LogP contribution in [0.15, 0.2) is 0 Å². The molecule has 2 nitrogen and oxygen atoms in total. The molecule has 0 amide bonds. The highest BCUT2D eigenvalue weighted by Crippen LogP contribution is 2.12. The fourth-order valence-corrected chi connectivity index (χ4v) is 4.39. The van der Waals surface area contributed by atoms with Gasteiger partial charge in [-0.2, -0.15) is 0 Å². The molecule has 0 aromatic carbocycles. The van der Waals surface area contributed by atoms with E-state index in [-0.39, 0.29) is 0 Å². The molecule has 0 atom stereocenters. The number of rotatable bonds is 19. The minimum Gasteiger partial charge on any atom is -0.302 e. The topological polar surface area (TPSA) is 6.48 Å². The maximum absolute atomic E-state index is 2.80. The molecule has 162 valence electrons. The molecule has 27 heavy (non-hydrogen) atoms. The van der Waals surface area contributed by atoms with Crippen LogP contribution in [0.25, 0.3) is 0 Å². The highest BCUT2D eigenvalue weighted by molar-refractivity contribution is 4.68. The number of nitrogens with zero attached hydrogens (tertiary/aromatic N) is 2. The molecule has 0 spiro atoms. The van der Waals surface area contributed by atoms with Gasteiger partial charge in [0.15, 0.2) is 0 Å². The van der Waals surface area contributed by atoms with Crippen molar-refractivity contribution < 1.29 is 0 Å². The van der Waals surface area contributed by atoms with E-state index in [1.54, 1.807) is 0 Å². The van der Waals surface area contributed by atoms with Crippen LogP contribution in [-0.2, 0) is 0 Å². The standard InChI is InChI=1S/C25H52N2/c1-3-5-7-9-11-13-16-20-26(21-17-14-12-10-8-6-4-2)24-25-27-22-18-15-19-23-27/h3-25H2,1-2H3. The van der Waals surface area contributed by atoms with Crippen LogP contribution in [0.2, 0.25) is 0 Å². The van der Waals surface area contributed by atoms with Crippen LogP contribution >= 0.6 is 0 Å². The second-order valence-electron chi connectivity index (χ2n) is 8.99. The zero-order valence-electron chi connectivity index (χ0n) is 19.2. The van der Waals surface area contributed by atoms with E-state index in [1.807, 2.05) is 0 Å². The van der Waals surface area contributed by atoms with Gasteiger partial charge in [0, 0.05) is 13.1 Å². The zero-order chi connectivity index (χ0) is 19.4. The predicted molar refractivity (Wildman–Crippen MR) is 123 cm³/mol. The monoisotopic (exact) mass is 380 g/mol. The van der Waals surface area contributed by atoms with Crippen LogP contribution < -0.4 is 0 Å². The molecular formula is C25H52N2. The second kappa shape index (κ2) is 19.2. The van der Waals surface area contributed by atoms with Crippen molar-refractivity contribution in [2.45, 2.75) is 123 Å². The Balaban J connectivity index is 2.13. The van der Waals surface area contributed by atoms with Crippen LogP contribution in [-0.4, -0.2) is 49.1 Å². The number of unbranched alkanes of at least 4 members (excludes halogenated alkanes) is 12. The molecule has 1 aliphatic rings. The summed E-state index contributed by atoms with van der Waals surface area (Å²) in [5.41, 5.74) is 0. The molecule has 0 aromatic rings. The molecule has 2 heteroatoms. The summed E-state index contributed by atoms with van der Waals surface area (Å²) in [5.74, 6) is 0. The summed E-state index contributed by atoms with van der Waals surface area (Å²) in [6.07, 6.45) is 24.4. The summed E-state index contributed by atoms with van der Waals surface area (Å²) < 4.78 is 0. The molecule has 1 saturated heterocycles. The van der Waals surface area contributed by atoms with Gasteiger partial charge in [-0.1, -0.05) is 97.3 Å². The Hall–Kier alpha value is -0.0800. The van der Waals surface area contributed by atoms with Gasteiger partial charge < -0.3 is 9.80 Å². The molecule has 0 aromatic heterocycles. The minimum atomic E-state index is 1.31. The highest BCUT2D eigenvalue weighted by atomic mass is 15.2. The maximum Gasteiger partial charge on any atom is 0.0109 e. The fourth-order valence-electron chi connectivity index (χ4n) is 4.39. The fraction of sp³-hybridized carbons (Fsp3) is 1.00. The van der Waals surface area contributed by atoms with Crippen LogP contribution in [0.3, 0.4) is 0 Å². The first-order chi connectivity index (χ1) is 13.4. The smallest absolute Gasteiger partial charge is 0.0109 e. The van der Waals surface area contributed by atoms with Crippen molar-refractivity contribution in [3.8, 4) is 0 Å². The van der Waals surface area contributed by atoms with Crippen molar-refractivity contribution >= 4 is 0 Å². The summed E-state index contributed by atoms with van der Waals surface area (Å²) in [6.45, 7) is 12.6. The number of hydrogen-bond acceptors (Lipinski definition) is 2. The van der Waals surface area contributed by atoms with E-state index in [4.69, 9.17) is 0 Å². The van der Waals surface area contributed by atoms with Crippen molar-refractivity contribution in [3.63, 3.8) is 0 Å². The number of likely N-dealkylation sites (tertiary alicyclic amines) is 1. The van der Waals surface area contributed by atoms with Gasteiger partial charge in [-0.25, -0.2) is 0 Å². The van der Waals surface area contributed by atoms with Gasteiger partial charge >= 0.3 is 0 Å². The lowest BCUT2D eigenvalue weighted by Crippen LogP contribution is -2.38. The van der Waals surface area contributed by atoms with Crippen molar-refractivity contribution in [1.82, 2.24) is 9.80 Å². The number of piperidine rings is 1. The van der Waals surface area contributed by atoms with E-state index in [0.717, 1.165) is 0 Å². The molecule has 1 rings (SSSR count). The summed E-state index contributed by atoms with van der Waals surface area (Å²) in [7, 11) is 0. The Morgan fingerprint density at radius 1 is 0.519 bits per heavy atom. The van der Waals surface area contributed by atoms with Gasteiger partial charge in [0.2, 0.25) is 0 Å². The van der Waals surface area contributed by atoms with Gasteiger partial charge in [-0.05, 0) is 51.9 Å². The zero-order valence-corrected chi connectivity index (χ0v) is 19.2. The summed E-state index contributed by atoms with van der Waals surface area (Å²) >= 11 is 0. The van der Waals surface area contributed by atoms with E-state index in [2.05, 4.69) is 23.6 Å². The highest BCUT2D eigenvalue weighted by Gasteiger charge is 2.12. The molecular weight excluding hydrogens is 328 g/mol. The van der Waals surface area contributed by atoms with Crippen molar-refractivity contribution in [3.05, 3.63) is 0 Å². The van der Waals surface area contributed by atoms with Crippen LogP contribution in [0.5, 0.6) is 0 Å². The molecule has 0 aliphatic carbocycles. The third-order valence-corrected chi connectivity index (χ3v) is 6.34. The Bertz CT molecular complexity index is 268. The first-order valence-electron chi connectivity index (χ1n) is 12.8. The van der Waals surface area contributed by atoms with E-state index in [9.17, 15) is 0 Å². The van der Waals surface area contributed by atoms with Crippen LogP contribution in [0.4, 0.5) is 0 Å². The average molecular weight is 381 g/mol. The SMILES string of the molecule is CCCCCCCCCN(CCCCCCCCC)CCN1CCCCC1. The third kappa shape index (κ3) is 15.5. The molecule has 1 heterocycles. The third-order valence-electron chi connectivity index (χ3n) is 6.34. The van der Waals surface area contributed by atoms with Gasteiger partial charge in [-0.3, -0.25) is 0 Å². The lowest BCUT2D eigenvalue weighted by Gasteiger charge is -2.30. The maximum atomic E-state index is 2.80. The predicted octanol–water partition coefficient (Wildman–Crippen LogP) is 7.28. The quantitative estimate of drug-likeness (QED) is 0.217. The molecule has 0 unspecified atom stereocenters. The summed E-state index contributed by atoms with van der Waals surface area (Å²) in [4.78, 5) is 5.51. The molecule has 1 aliphatic heterocycles. The van der Waals surface area contributed by atoms with Gasteiger partial charge in [-0.15, -0.1) is 0 Å². The van der Waals surface area contributed by atoms with E-state index >= 15 is 0 Å². The van der Waals surface area contributed by atoms with E-state index < -0.39 is 0 Å². The normalized spacial score (nSPS) is 15.7. The lowest BCUT2D eigenvalue weighted by molar-refractivity contribution is 0.178. The van der Waals surface area contributed by atoms with Crippen molar-refractivity contribution in [2.24, 2.45) is 0 Å². The Labute approximate surface area is 172 Å². The molecule has 0 saturated carbocycles. The van der Waals surface area contributed by atoms with Gasteiger partial charge in [0.05, 0.1) is 0 Å². The Morgan fingerprint density at radius 2 is 0.963 bits per heavy atom. The molecule has 0 radical (unpaired) electrons. The van der Waals surface area contributed by atoms with Crippen molar-refractivity contribution in [2.75, 3.05) is 39.3 Å². The largest absolute Gasteiger partial charge is 0.302 e. The summed E-state index contributed by atoms with van der Waals surface area (Å²) in [5, 5.41) is 0. The Kier molecular flexibility index (Phi) is 17.8. The average Bonchev–Trinajstić information content (AvgIpc) is 2.70. The van der Waals surface area contributed by atoms with E-state index in [1.165, 1.54) is 148 Å². The van der Waals surface area contributed by atoms with Crippen LogP contribution in [0.1, 0.15) is 123 Å². The van der Waals surface area contributed by atoms with Gasteiger partial charge in [0.25, 0.3) is 0 Å².